The lowest BCUT2D eigenvalue weighted by atomic mass is 10.3. The van der Waals surface area contributed by atoms with Crippen LogP contribution in [0.3, 0.4) is 0 Å². The maximum atomic E-state index is 4.06. The molecular weight excluding hydrogens is 218 g/mol. The summed E-state index contributed by atoms with van der Waals surface area (Å²) >= 11 is 3.28. The molecule has 4 heteroatoms. The maximum absolute atomic E-state index is 4.06. The standard InChI is InChI=1S/C8H12BrN3/c1-2-3-4-10-8-5-7(9)11-6-12-8/h5-6H,2-4H2,1H3,(H,10,11,12). The number of nitrogens with zero attached hydrogens (tertiary/aromatic N) is 2. The Morgan fingerprint density at radius 3 is 3.00 bits per heavy atom. The molecule has 12 heavy (non-hydrogen) atoms. The first-order valence-corrected chi connectivity index (χ1v) is 4.83. The van der Waals surface area contributed by atoms with Gasteiger partial charge >= 0.3 is 0 Å². The van der Waals surface area contributed by atoms with Crippen molar-refractivity contribution in [3.63, 3.8) is 0 Å². The number of hydrogen-bond donors (Lipinski definition) is 1. The predicted octanol–water partition coefficient (Wildman–Crippen LogP) is 2.45. The van der Waals surface area contributed by atoms with E-state index in [0.29, 0.717) is 0 Å². The third-order valence-electron chi connectivity index (χ3n) is 1.47. The number of rotatable bonds is 4. The van der Waals surface area contributed by atoms with Gasteiger partial charge in [-0.25, -0.2) is 9.97 Å². The van der Waals surface area contributed by atoms with Crippen LogP contribution in [0.1, 0.15) is 19.8 Å². The van der Waals surface area contributed by atoms with Crippen molar-refractivity contribution in [1.82, 2.24) is 9.97 Å². The van der Waals surface area contributed by atoms with E-state index in [4.69, 9.17) is 0 Å². The molecule has 1 N–H and O–H groups in total. The second kappa shape index (κ2) is 5.09. The fourth-order valence-electron chi connectivity index (χ4n) is 0.823. The van der Waals surface area contributed by atoms with Crippen molar-refractivity contribution in [3.8, 4) is 0 Å². The zero-order chi connectivity index (χ0) is 8.81. The van der Waals surface area contributed by atoms with Crippen LogP contribution in [0.25, 0.3) is 0 Å². The Bertz CT molecular complexity index is 239. The fourth-order valence-corrected chi connectivity index (χ4v) is 1.13. The van der Waals surface area contributed by atoms with E-state index in [1.807, 2.05) is 6.07 Å². The van der Waals surface area contributed by atoms with Crippen molar-refractivity contribution in [3.05, 3.63) is 17.0 Å². The number of halogens is 1. The lowest BCUT2D eigenvalue weighted by Gasteiger charge is -2.02. The number of unbranched alkanes of at least 4 members (excludes halogenated alkanes) is 1. The summed E-state index contributed by atoms with van der Waals surface area (Å²) in [5, 5.41) is 3.21. The van der Waals surface area contributed by atoms with Crippen LogP contribution in [0.4, 0.5) is 5.82 Å². The predicted molar refractivity (Wildman–Crippen MR) is 53.1 cm³/mol. The van der Waals surface area contributed by atoms with E-state index in [9.17, 15) is 0 Å². The molecule has 0 amide bonds. The van der Waals surface area contributed by atoms with Crippen LogP contribution in [0.2, 0.25) is 0 Å². The van der Waals surface area contributed by atoms with E-state index in [0.717, 1.165) is 17.0 Å². The molecule has 0 saturated carbocycles. The molecule has 3 nitrogen and oxygen atoms in total. The minimum absolute atomic E-state index is 0.816. The average molecular weight is 230 g/mol. The molecule has 1 rings (SSSR count). The molecule has 0 radical (unpaired) electrons. The highest BCUT2D eigenvalue weighted by molar-refractivity contribution is 9.10. The summed E-state index contributed by atoms with van der Waals surface area (Å²) in [4.78, 5) is 7.99. The average Bonchev–Trinajstić information content (AvgIpc) is 2.05. The summed E-state index contributed by atoms with van der Waals surface area (Å²) < 4.78 is 0.816. The van der Waals surface area contributed by atoms with Crippen LogP contribution in [0, 0.1) is 0 Å². The van der Waals surface area contributed by atoms with Crippen LogP contribution in [0.5, 0.6) is 0 Å². The van der Waals surface area contributed by atoms with E-state index < -0.39 is 0 Å². The highest BCUT2D eigenvalue weighted by atomic mass is 79.9. The van der Waals surface area contributed by atoms with Crippen LogP contribution in [-0.4, -0.2) is 16.5 Å². The topological polar surface area (TPSA) is 37.8 Å². The second-order valence-corrected chi connectivity index (χ2v) is 3.32. The van der Waals surface area contributed by atoms with Gasteiger partial charge in [0.25, 0.3) is 0 Å². The number of anilines is 1. The largest absolute Gasteiger partial charge is 0.370 e. The molecule has 0 aromatic carbocycles. The molecular formula is C8H12BrN3. The second-order valence-electron chi connectivity index (χ2n) is 2.51. The minimum Gasteiger partial charge on any atom is -0.370 e. The molecule has 0 spiro atoms. The van der Waals surface area contributed by atoms with Crippen LogP contribution < -0.4 is 5.32 Å². The third-order valence-corrected chi connectivity index (χ3v) is 1.90. The van der Waals surface area contributed by atoms with E-state index in [1.165, 1.54) is 12.8 Å². The Morgan fingerprint density at radius 2 is 2.33 bits per heavy atom. The molecule has 66 valence electrons. The first-order valence-electron chi connectivity index (χ1n) is 4.04. The maximum Gasteiger partial charge on any atom is 0.130 e. The van der Waals surface area contributed by atoms with Gasteiger partial charge in [0, 0.05) is 12.6 Å². The Balaban J connectivity index is 2.41. The van der Waals surface area contributed by atoms with Crippen LogP contribution >= 0.6 is 15.9 Å². The highest BCUT2D eigenvalue weighted by Crippen LogP contribution is 2.09. The zero-order valence-corrected chi connectivity index (χ0v) is 8.63. The van der Waals surface area contributed by atoms with Crippen molar-refractivity contribution in [1.29, 1.82) is 0 Å². The van der Waals surface area contributed by atoms with Gasteiger partial charge in [-0.2, -0.15) is 0 Å². The van der Waals surface area contributed by atoms with Gasteiger partial charge in [-0.3, -0.25) is 0 Å². The van der Waals surface area contributed by atoms with E-state index in [1.54, 1.807) is 6.33 Å². The first-order chi connectivity index (χ1) is 5.83. The highest BCUT2D eigenvalue weighted by Gasteiger charge is 1.93. The molecule has 0 bridgehead atoms. The zero-order valence-electron chi connectivity index (χ0n) is 7.05. The Hall–Kier alpha value is -0.640. The van der Waals surface area contributed by atoms with Gasteiger partial charge in [0.2, 0.25) is 0 Å². The van der Waals surface area contributed by atoms with Crippen molar-refractivity contribution < 1.29 is 0 Å². The number of nitrogens with one attached hydrogen (secondary N) is 1. The van der Waals surface area contributed by atoms with Gasteiger partial charge in [-0.1, -0.05) is 13.3 Å². The van der Waals surface area contributed by atoms with Crippen molar-refractivity contribution in [2.45, 2.75) is 19.8 Å². The van der Waals surface area contributed by atoms with Gasteiger partial charge in [0.05, 0.1) is 0 Å². The molecule has 1 heterocycles. The number of hydrogen-bond acceptors (Lipinski definition) is 3. The molecule has 0 saturated heterocycles. The quantitative estimate of drug-likeness (QED) is 0.637. The molecule has 0 fully saturated rings. The molecule has 0 aliphatic rings. The van der Waals surface area contributed by atoms with Crippen molar-refractivity contribution in [2.24, 2.45) is 0 Å². The SMILES string of the molecule is CCCCNc1cc(Br)ncn1. The summed E-state index contributed by atoms with van der Waals surface area (Å²) in [6, 6.07) is 1.87. The van der Waals surface area contributed by atoms with E-state index in [2.05, 4.69) is 38.1 Å². The lowest BCUT2D eigenvalue weighted by molar-refractivity contribution is 0.830. The Morgan fingerprint density at radius 1 is 1.50 bits per heavy atom. The van der Waals surface area contributed by atoms with Gasteiger partial charge in [-0.05, 0) is 22.4 Å². The molecule has 0 aliphatic carbocycles. The molecule has 0 aliphatic heterocycles. The van der Waals surface area contributed by atoms with Crippen molar-refractivity contribution >= 4 is 21.7 Å². The van der Waals surface area contributed by atoms with Crippen LogP contribution in [0.15, 0.2) is 17.0 Å². The van der Waals surface area contributed by atoms with Crippen molar-refractivity contribution in [2.75, 3.05) is 11.9 Å². The Labute approximate surface area is 80.7 Å². The monoisotopic (exact) mass is 229 g/mol. The molecule has 1 aromatic heterocycles. The smallest absolute Gasteiger partial charge is 0.130 e. The summed E-state index contributed by atoms with van der Waals surface area (Å²) in [5.74, 6) is 0.880. The first kappa shape index (κ1) is 9.45. The lowest BCUT2D eigenvalue weighted by Crippen LogP contribution is -2.02. The molecule has 1 aromatic rings. The summed E-state index contributed by atoms with van der Waals surface area (Å²) in [6.45, 7) is 3.14. The van der Waals surface area contributed by atoms with Crippen LogP contribution in [-0.2, 0) is 0 Å². The Kier molecular flexibility index (Phi) is 4.00. The fraction of sp³-hybridized carbons (Fsp3) is 0.500. The summed E-state index contributed by atoms with van der Waals surface area (Å²) in [7, 11) is 0. The molecule has 0 atom stereocenters. The van der Waals surface area contributed by atoms with Gasteiger partial charge in [0.15, 0.2) is 0 Å². The van der Waals surface area contributed by atoms with E-state index >= 15 is 0 Å². The summed E-state index contributed by atoms with van der Waals surface area (Å²) in [5.41, 5.74) is 0. The number of aromatic nitrogens is 2. The normalized spacial score (nSPS) is 9.83. The third kappa shape index (κ3) is 3.17. The minimum atomic E-state index is 0.816. The molecule has 0 unspecified atom stereocenters. The summed E-state index contributed by atoms with van der Waals surface area (Å²) in [6.07, 6.45) is 3.90. The van der Waals surface area contributed by atoms with Gasteiger partial charge < -0.3 is 5.32 Å². The van der Waals surface area contributed by atoms with Gasteiger partial charge in [-0.15, -0.1) is 0 Å². The van der Waals surface area contributed by atoms with Gasteiger partial charge in [0.1, 0.15) is 16.7 Å². The van der Waals surface area contributed by atoms with E-state index in [-0.39, 0.29) is 0 Å².